The first-order chi connectivity index (χ1) is 13.1. The van der Waals surface area contributed by atoms with E-state index in [-0.39, 0.29) is 17.9 Å². The van der Waals surface area contributed by atoms with Crippen molar-refractivity contribution < 1.29 is 9.59 Å². The Morgan fingerprint density at radius 2 is 2.00 bits per heavy atom. The van der Waals surface area contributed by atoms with Gasteiger partial charge in [0.25, 0.3) is 0 Å². The van der Waals surface area contributed by atoms with Crippen LogP contribution in [0.5, 0.6) is 0 Å². The maximum Gasteiger partial charge on any atom is 0.317 e. The van der Waals surface area contributed by atoms with Crippen molar-refractivity contribution in [1.82, 2.24) is 24.7 Å². The monoisotopic (exact) mass is 376 g/mol. The molecule has 0 bridgehead atoms. The van der Waals surface area contributed by atoms with E-state index in [1.54, 1.807) is 6.20 Å². The summed E-state index contributed by atoms with van der Waals surface area (Å²) in [7, 11) is 0. The van der Waals surface area contributed by atoms with E-state index in [2.05, 4.69) is 19.8 Å². The lowest BCUT2D eigenvalue weighted by molar-refractivity contribution is -0.123. The Hall–Kier alpha value is -2.09. The SMILES string of the molecule is NC(=O)C1CCN(CCCNC(=O)N2CCC[C@@H](Cn3ccnc3)C2)CC1. The van der Waals surface area contributed by atoms with Crippen LogP contribution in [0.2, 0.25) is 0 Å². The number of nitrogens with one attached hydrogen (secondary N) is 1. The number of aromatic nitrogens is 2. The maximum absolute atomic E-state index is 12.4. The van der Waals surface area contributed by atoms with Crippen molar-refractivity contribution in [3.8, 4) is 0 Å². The van der Waals surface area contributed by atoms with Crippen molar-refractivity contribution in [3.05, 3.63) is 18.7 Å². The summed E-state index contributed by atoms with van der Waals surface area (Å²) in [6.45, 7) is 6.06. The fourth-order valence-electron chi connectivity index (χ4n) is 4.14. The maximum atomic E-state index is 12.4. The van der Waals surface area contributed by atoms with Crippen LogP contribution in [0.3, 0.4) is 0 Å². The van der Waals surface area contributed by atoms with Gasteiger partial charge in [0.2, 0.25) is 5.91 Å². The van der Waals surface area contributed by atoms with Crippen molar-refractivity contribution >= 4 is 11.9 Å². The van der Waals surface area contributed by atoms with Gasteiger partial charge in [-0.05, 0) is 57.7 Å². The molecular formula is C19H32N6O2. The van der Waals surface area contributed by atoms with Crippen LogP contribution in [0.25, 0.3) is 0 Å². The number of primary amides is 1. The first kappa shape index (κ1) is 19.7. The highest BCUT2D eigenvalue weighted by molar-refractivity contribution is 5.76. The van der Waals surface area contributed by atoms with Crippen LogP contribution in [0, 0.1) is 11.8 Å². The number of hydrogen-bond acceptors (Lipinski definition) is 4. The van der Waals surface area contributed by atoms with E-state index in [0.29, 0.717) is 12.5 Å². The van der Waals surface area contributed by atoms with Crippen molar-refractivity contribution in [2.24, 2.45) is 17.6 Å². The lowest BCUT2D eigenvalue weighted by atomic mass is 9.96. The number of nitrogens with two attached hydrogens (primary N) is 1. The normalized spacial score (nSPS) is 21.9. The van der Waals surface area contributed by atoms with Crippen LogP contribution in [-0.4, -0.2) is 70.6 Å². The first-order valence-corrected chi connectivity index (χ1v) is 10.1. The second-order valence-corrected chi connectivity index (χ2v) is 7.82. The van der Waals surface area contributed by atoms with E-state index in [9.17, 15) is 9.59 Å². The van der Waals surface area contributed by atoms with E-state index in [1.165, 1.54) is 0 Å². The third-order valence-electron chi connectivity index (χ3n) is 5.75. The number of urea groups is 1. The van der Waals surface area contributed by atoms with Gasteiger partial charge in [-0.1, -0.05) is 0 Å². The van der Waals surface area contributed by atoms with Crippen molar-refractivity contribution in [2.45, 2.75) is 38.6 Å². The standard InChI is InChI=1S/C19H32N6O2/c20-18(26)17-4-10-23(11-5-17)8-2-6-22-19(27)25-9-1-3-16(14-25)13-24-12-7-21-15-24/h7,12,15-17H,1-6,8-11,13-14H2,(H2,20,26)(H,22,27)/t16-/m0/s1. The molecule has 2 aliphatic heterocycles. The summed E-state index contributed by atoms with van der Waals surface area (Å²) in [5.74, 6) is 0.357. The van der Waals surface area contributed by atoms with E-state index in [1.807, 2.05) is 17.4 Å². The smallest absolute Gasteiger partial charge is 0.317 e. The van der Waals surface area contributed by atoms with E-state index < -0.39 is 0 Å². The van der Waals surface area contributed by atoms with Crippen molar-refractivity contribution in [3.63, 3.8) is 0 Å². The molecule has 8 nitrogen and oxygen atoms in total. The molecule has 3 N–H and O–H groups in total. The minimum absolute atomic E-state index is 0.0373. The first-order valence-electron chi connectivity index (χ1n) is 10.1. The Morgan fingerprint density at radius 1 is 1.19 bits per heavy atom. The third-order valence-corrected chi connectivity index (χ3v) is 5.75. The molecule has 27 heavy (non-hydrogen) atoms. The molecule has 0 spiro atoms. The summed E-state index contributed by atoms with van der Waals surface area (Å²) >= 11 is 0. The number of nitrogens with zero attached hydrogens (tertiary/aromatic N) is 4. The summed E-state index contributed by atoms with van der Waals surface area (Å²) in [5, 5.41) is 3.07. The molecule has 8 heteroatoms. The topological polar surface area (TPSA) is 96.5 Å². The quantitative estimate of drug-likeness (QED) is 0.691. The summed E-state index contributed by atoms with van der Waals surface area (Å²) in [4.78, 5) is 32.0. The molecule has 2 saturated heterocycles. The zero-order chi connectivity index (χ0) is 19.1. The highest BCUT2D eigenvalue weighted by Crippen LogP contribution is 2.18. The molecule has 0 saturated carbocycles. The van der Waals surface area contributed by atoms with Crippen LogP contribution in [0.1, 0.15) is 32.1 Å². The van der Waals surface area contributed by atoms with Gasteiger partial charge in [0, 0.05) is 44.5 Å². The Kier molecular flexibility index (Phi) is 7.09. The number of hydrogen-bond donors (Lipinski definition) is 2. The molecule has 0 unspecified atom stereocenters. The van der Waals surface area contributed by atoms with Crippen LogP contribution in [0.4, 0.5) is 4.79 Å². The highest BCUT2D eigenvalue weighted by Gasteiger charge is 2.24. The predicted molar refractivity (Wildman–Crippen MR) is 103 cm³/mol. The molecule has 150 valence electrons. The van der Waals surface area contributed by atoms with Crippen LogP contribution in [0.15, 0.2) is 18.7 Å². The van der Waals surface area contributed by atoms with Gasteiger partial charge in [-0.15, -0.1) is 0 Å². The number of imidazole rings is 1. The second-order valence-electron chi connectivity index (χ2n) is 7.82. The highest BCUT2D eigenvalue weighted by atomic mass is 16.2. The predicted octanol–water partition coefficient (Wildman–Crippen LogP) is 0.892. The molecule has 1 aromatic heterocycles. The van der Waals surface area contributed by atoms with Gasteiger partial charge in [-0.25, -0.2) is 9.78 Å². The van der Waals surface area contributed by atoms with Gasteiger partial charge in [0.05, 0.1) is 6.33 Å². The second kappa shape index (κ2) is 9.73. The molecule has 1 aromatic rings. The summed E-state index contributed by atoms with van der Waals surface area (Å²) in [6, 6.07) is 0.0535. The number of carbonyl (C=O) groups is 2. The fourth-order valence-corrected chi connectivity index (χ4v) is 4.14. The van der Waals surface area contributed by atoms with Gasteiger partial charge in [-0.2, -0.15) is 0 Å². The van der Waals surface area contributed by atoms with Crippen molar-refractivity contribution in [2.75, 3.05) is 39.3 Å². The number of carbonyl (C=O) groups excluding carboxylic acids is 2. The molecule has 0 radical (unpaired) electrons. The molecular weight excluding hydrogens is 344 g/mol. The Labute approximate surface area is 161 Å². The van der Waals surface area contributed by atoms with Gasteiger partial charge in [0.1, 0.15) is 0 Å². The summed E-state index contributed by atoms with van der Waals surface area (Å²) in [6.07, 6.45) is 10.5. The number of piperidine rings is 2. The largest absolute Gasteiger partial charge is 0.369 e. The average molecular weight is 377 g/mol. The van der Waals surface area contributed by atoms with Gasteiger partial charge in [0.15, 0.2) is 0 Å². The van der Waals surface area contributed by atoms with E-state index in [4.69, 9.17) is 5.73 Å². The summed E-state index contributed by atoms with van der Waals surface area (Å²) < 4.78 is 2.09. The Bertz CT molecular complexity index is 597. The van der Waals surface area contributed by atoms with E-state index >= 15 is 0 Å². The Morgan fingerprint density at radius 3 is 2.70 bits per heavy atom. The molecule has 0 aromatic carbocycles. The number of likely N-dealkylation sites (tertiary alicyclic amines) is 2. The zero-order valence-electron chi connectivity index (χ0n) is 16.1. The van der Waals surface area contributed by atoms with Crippen LogP contribution < -0.4 is 11.1 Å². The van der Waals surface area contributed by atoms with Crippen LogP contribution in [-0.2, 0) is 11.3 Å². The zero-order valence-corrected chi connectivity index (χ0v) is 16.1. The van der Waals surface area contributed by atoms with Gasteiger partial charge >= 0.3 is 6.03 Å². The van der Waals surface area contributed by atoms with Crippen molar-refractivity contribution in [1.29, 1.82) is 0 Å². The molecule has 3 rings (SSSR count). The molecule has 2 aliphatic rings. The van der Waals surface area contributed by atoms with Crippen LogP contribution >= 0.6 is 0 Å². The molecule has 1 atom stereocenters. The fraction of sp³-hybridized carbons (Fsp3) is 0.737. The van der Waals surface area contributed by atoms with Gasteiger partial charge in [-0.3, -0.25) is 4.79 Å². The molecule has 2 fully saturated rings. The minimum atomic E-state index is -0.171. The number of amides is 3. The third kappa shape index (κ3) is 5.95. The molecule has 3 amide bonds. The summed E-state index contributed by atoms with van der Waals surface area (Å²) in [5.41, 5.74) is 5.37. The van der Waals surface area contributed by atoms with Gasteiger partial charge < -0.3 is 25.4 Å². The van der Waals surface area contributed by atoms with E-state index in [0.717, 1.165) is 71.4 Å². The average Bonchev–Trinajstić information content (AvgIpc) is 3.18. The lowest BCUT2D eigenvalue weighted by Gasteiger charge is -2.33. The minimum Gasteiger partial charge on any atom is -0.369 e. The molecule has 3 heterocycles. The lowest BCUT2D eigenvalue weighted by Crippen LogP contribution is -2.46. The molecule has 0 aliphatic carbocycles. The Balaban J connectivity index is 1.30. The number of rotatable bonds is 7.